The quantitative estimate of drug-likeness (QED) is 0.763. The average Bonchev–Trinajstić information content (AvgIpc) is 2.84. The summed E-state index contributed by atoms with van der Waals surface area (Å²) < 4.78 is 14.8. The second-order valence-corrected chi connectivity index (χ2v) is 5.92. The highest BCUT2D eigenvalue weighted by Crippen LogP contribution is 2.24. The lowest BCUT2D eigenvalue weighted by atomic mass is 10.1. The number of hydrogen-bond acceptors (Lipinski definition) is 2. The van der Waals surface area contributed by atoms with Gasteiger partial charge in [0.2, 0.25) is 5.91 Å². The van der Waals surface area contributed by atoms with Crippen molar-refractivity contribution in [2.75, 3.05) is 5.32 Å². The van der Waals surface area contributed by atoms with E-state index in [1.54, 1.807) is 0 Å². The zero-order chi connectivity index (χ0) is 17.4. The number of aryl methyl sites for hydroxylation is 2. The van der Waals surface area contributed by atoms with Gasteiger partial charge in [-0.3, -0.25) is 14.2 Å². The van der Waals surface area contributed by atoms with Crippen LogP contribution >= 0.6 is 0 Å². The van der Waals surface area contributed by atoms with E-state index in [0.29, 0.717) is 22.2 Å². The second-order valence-electron chi connectivity index (χ2n) is 5.92. The molecule has 0 aliphatic heterocycles. The predicted molar refractivity (Wildman–Crippen MR) is 92.1 cm³/mol. The number of rotatable bonds is 2. The molecule has 2 aromatic carbocycles. The number of benzene rings is 2. The second kappa shape index (κ2) is 5.92. The summed E-state index contributed by atoms with van der Waals surface area (Å²) in [6.07, 6.45) is 1.45. The Bertz CT molecular complexity index is 953. The van der Waals surface area contributed by atoms with E-state index in [9.17, 15) is 14.0 Å². The molecule has 3 aromatic rings. The van der Waals surface area contributed by atoms with E-state index >= 15 is 0 Å². The van der Waals surface area contributed by atoms with Crippen molar-refractivity contribution in [3.63, 3.8) is 0 Å². The highest BCUT2D eigenvalue weighted by molar-refractivity contribution is 6.14. The van der Waals surface area contributed by atoms with Crippen LogP contribution in [0.4, 0.5) is 10.1 Å². The maximum atomic E-state index is 13.5. The lowest BCUT2D eigenvalue weighted by molar-refractivity contribution is 0.0941. The Balaban J connectivity index is 2.05. The third kappa shape index (κ3) is 2.93. The van der Waals surface area contributed by atoms with Gasteiger partial charge in [0, 0.05) is 24.2 Å². The average molecular weight is 324 g/mol. The van der Waals surface area contributed by atoms with Gasteiger partial charge in [-0.25, -0.2) is 4.39 Å². The van der Waals surface area contributed by atoms with Crippen LogP contribution in [0.25, 0.3) is 10.9 Å². The number of carbonyl (C=O) groups is 2. The molecule has 0 spiro atoms. The normalized spacial score (nSPS) is 10.8. The van der Waals surface area contributed by atoms with Crippen LogP contribution in [0.15, 0.2) is 42.6 Å². The van der Waals surface area contributed by atoms with Gasteiger partial charge in [-0.1, -0.05) is 6.07 Å². The molecular formula is C19H17FN2O2. The fraction of sp³-hybridized carbons (Fsp3) is 0.158. The molecule has 0 fully saturated rings. The molecule has 0 aliphatic rings. The van der Waals surface area contributed by atoms with Crippen molar-refractivity contribution >= 4 is 28.4 Å². The summed E-state index contributed by atoms with van der Waals surface area (Å²) in [7, 11) is 0. The third-order valence-electron chi connectivity index (χ3n) is 3.83. The molecule has 3 rings (SSSR count). The third-order valence-corrected chi connectivity index (χ3v) is 3.83. The van der Waals surface area contributed by atoms with Gasteiger partial charge in [0.1, 0.15) is 5.82 Å². The van der Waals surface area contributed by atoms with Gasteiger partial charge in [0.05, 0.1) is 11.1 Å². The van der Waals surface area contributed by atoms with Crippen molar-refractivity contribution in [2.45, 2.75) is 20.8 Å². The summed E-state index contributed by atoms with van der Waals surface area (Å²) in [5.41, 5.74) is 3.48. The number of nitrogens with zero attached hydrogens (tertiary/aromatic N) is 1. The zero-order valence-corrected chi connectivity index (χ0v) is 13.7. The maximum absolute atomic E-state index is 13.5. The molecule has 1 aromatic heterocycles. The summed E-state index contributed by atoms with van der Waals surface area (Å²) in [6, 6.07) is 9.80. The standard InChI is InChI=1S/C19H17FN2O2/c1-11-6-12(2)8-15(7-11)21-19(24)17-10-22(13(3)23)18-9-14(20)4-5-16(17)18/h4-10H,1-3H3,(H,21,24). The molecule has 0 aliphatic carbocycles. The van der Waals surface area contributed by atoms with Gasteiger partial charge in [0.15, 0.2) is 0 Å². The summed E-state index contributed by atoms with van der Waals surface area (Å²) in [4.78, 5) is 24.4. The fourth-order valence-electron chi connectivity index (χ4n) is 2.89. The summed E-state index contributed by atoms with van der Waals surface area (Å²) in [5, 5.41) is 3.38. The van der Waals surface area contributed by atoms with Gasteiger partial charge < -0.3 is 5.32 Å². The molecule has 4 nitrogen and oxygen atoms in total. The minimum Gasteiger partial charge on any atom is -0.322 e. The van der Waals surface area contributed by atoms with Gasteiger partial charge in [-0.2, -0.15) is 0 Å². The maximum Gasteiger partial charge on any atom is 0.257 e. The number of fused-ring (bicyclic) bond motifs is 1. The summed E-state index contributed by atoms with van der Waals surface area (Å²) >= 11 is 0. The number of anilines is 1. The van der Waals surface area contributed by atoms with Crippen LogP contribution in [0, 0.1) is 19.7 Å². The number of halogens is 1. The largest absolute Gasteiger partial charge is 0.322 e. The van der Waals surface area contributed by atoms with Crippen molar-refractivity contribution in [1.82, 2.24) is 4.57 Å². The molecule has 24 heavy (non-hydrogen) atoms. The number of hydrogen-bond donors (Lipinski definition) is 1. The van der Waals surface area contributed by atoms with Crippen LogP contribution in [0.3, 0.4) is 0 Å². The molecule has 1 heterocycles. The van der Waals surface area contributed by atoms with E-state index in [2.05, 4.69) is 5.32 Å². The highest BCUT2D eigenvalue weighted by atomic mass is 19.1. The Morgan fingerprint density at radius 1 is 1.04 bits per heavy atom. The lowest BCUT2D eigenvalue weighted by Gasteiger charge is -2.07. The number of aromatic nitrogens is 1. The van der Waals surface area contributed by atoms with Gasteiger partial charge in [-0.15, -0.1) is 0 Å². The lowest BCUT2D eigenvalue weighted by Crippen LogP contribution is -2.12. The number of carbonyl (C=O) groups excluding carboxylic acids is 2. The SMILES string of the molecule is CC(=O)n1cc(C(=O)Nc2cc(C)cc(C)c2)c2ccc(F)cc21. The van der Waals surface area contributed by atoms with Crippen LogP contribution in [-0.2, 0) is 0 Å². The monoisotopic (exact) mass is 324 g/mol. The van der Waals surface area contributed by atoms with E-state index < -0.39 is 5.82 Å². The molecule has 0 radical (unpaired) electrons. The summed E-state index contributed by atoms with van der Waals surface area (Å²) in [5.74, 6) is -1.07. The molecule has 0 saturated heterocycles. The van der Waals surface area contributed by atoms with Crippen LogP contribution in [0.5, 0.6) is 0 Å². The van der Waals surface area contributed by atoms with Crippen LogP contribution in [0.2, 0.25) is 0 Å². The van der Waals surface area contributed by atoms with Crippen molar-refractivity contribution in [1.29, 1.82) is 0 Å². The van der Waals surface area contributed by atoms with E-state index in [0.717, 1.165) is 11.1 Å². The van der Waals surface area contributed by atoms with Crippen molar-refractivity contribution in [3.05, 3.63) is 65.1 Å². The molecular weight excluding hydrogens is 307 g/mol. The Labute approximate surface area is 138 Å². The first kappa shape index (κ1) is 15.9. The Morgan fingerprint density at radius 3 is 2.33 bits per heavy atom. The van der Waals surface area contributed by atoms with Crippen LogP contribution < -0.4 is 5.32 Å². The Morgan fingerprint density at radius 2 is 1.71 bits per heavy atom. The minimum atomic E-state index is -0.454. The predicted octanol–water partition coefficient (Wildman–Crippen LogP) is 4.31. The molecule has 0 saturated carbocycles. The molecule has 5 heteroatoms. The smallest absolute Gasteiger partial charge is 0.257 e. The first-order chi connectivity index (χ1) is 11.3. The van der Waals surface area contributed by atoms with E-state index in [-0.39, 0.29) is 11.8 Å². The first-order valence-corrected chi connectivity index (χ1v) is 7.56. The van der Waals surface area contributed by atoms with E-state index in [4.69, 9.17) is 0 Å². The first-order valence-electron chi connectivity index (χ1n) is 7.56. The molecule has 0 atom stereocenters. The minimum absolute atomic E-state index is 0.281. The molecule has 0 unspecified atom stereocenters. The van der Waals surface area contributed by atoms with Crippen LogP contribution in [-0.4, -0.2) is 16.4 Å². The fourth-order valence-corrected chi connectivity index (χ4v) is 2.89. The molecule has 122 valence electrons. The number of amides is 1. The highest BCUT2D eigenvalue weighted by Gasteiger charge is 2.17. The Hall–Kier alpha value is -2.95. The Kier molecular flexibility index (Phi) is 3.93. The van der Waals surface area contributed by atoms with Crippen molar-refractivity contribution in [2.24, 2.45) is 0 Å². The topological polar surface area (TPSA) is 51.1 Å². The zero-order valence-electron chi connectivity index (χ0n) is 13.7. The van der Waals surface area contributed by atoms with E-state index in [1.807, 2.05) is 32.0 Å². The molecule has 1 N–H and O–H groups in total. The van der Waals surface area contributed by atoms with E-state index in [1.165, 1.54) is 35.9 Å². The van der Waals surface area contributed by atoms with Gasteiger partial charge in [-0.05, 0) is 55.3 Å². The van der Waals surface area contributed by atoms with Crippen molar-refractivity contribution < 1.29 is 14.0 Å². The number of nitrogens with one attached hydrogen (secondary N) is 1. The molecule has 1 amide bonds. The van der Waals surface area contributed by atoms with Gasteiger partial charge >= 0.3 is 0 Å². The van der Waals surface area contributed by atoms with Gasteiger partial charge in [0.25, 0.3) is 5.91 Å². The van der Waals surface area contributed by atoms with Crippen molar-refractivity contribution in [3.8, 4) is 0 Å². The van der Waals surface area contributed by atoms with Crippen LogP contribution in [0.1, 0.15) is 33.2 Å². The summed E-state index contributed by atoms with van der Waals surface area (Å²) in [6.45, 7) is 5.27. The molecule has 0 bridgehead atoms.